The molecule has 4 nitrogen and oxygen atoms in total. The van der Waals surface area contributed by atoms with Gasteiger partial charge in [0.25, 0.3) is 0 Å². The number of hydrogen-bond donors (Lipinski definition) is 0. The number of benzene rings is 2. The fraction of sp³-hybridized carbons (Fsp3) is 0.304. The van der Waals surface area contributed by atoms with Crippen LogP contribution in [0.2, 0.25) is 0 Å². The van der Waals surface area contributed by atoms with Gasteiger partial charge in [0.1, 0.15) is 5.69 Å². The molecule has 0 fully saturated rings. The highest BCUT2D eigenvalue weighted by molar-refractivity contribution is 5.89. The molecule has 0 spiro atoms. The molecule has 1 aliphatic heterocycles. The second kappa shape index (κ2) is 7.00. The van der Waals surface area contributed by atoms with Crippen molar-refractivity contribution in [3.63, 3.8) is 0 Å². The Morgan fingerprint density at radius 2 is 1.60 bits per heavy atom. The number of alkyl halides is 3. The number of hydrogen-bond acceptors (Lipinski definition) is 4. The van der Waals surface area contributed by atoms with Gasteiger partial charge in [0, 0.05) is 18.3 Å². The summed E-state index contributed by atoms with van der Waals surface area (Å²) in [6, 6.07) is 16.8. The number of anilines is 3. The lowest BCUT2D eigenvalue weighted by Crippen LogP contribution is -2.24. The number of fused-ring (bicyclic) bond motifs is 1. The van der Waals surface area contributed by atoms with Gasteiger partial charge in [-0.2, -0.15) is 13.2 Å². The highest BCUT2D eigenvalue weighted by Gasteiger charge is 2.40. The molecule has 0 unspecified atom stereocenters. The van der Waals surface area contributed by atoms with E-state index in [1.165, 1.54) is 0 Å². The smallest absolute Gasteiger partial charge is 0.352 e. The Morgan fingerprint density at radius 1 is 0.900 bits per heavy atom. The maximum Gasteiger partial charge on any atom is 0.451 e. The van der Waals surface area contributed by atoms with Crippen molar-refractivity contribution in [3.05, 3.63) is 66.0 Å². The topological polar surface area (TPSA) is 32.3 Å². The molecule has 30 heavy (non-hydrogen) atoms. The minimum Gasteiger partial charge on any atom is -0.352 e. The van der Waals surface area contributed by atoms with Gasteiger partial charge < -0.3 is 9.80 Å². The summed E-state index contributed by atoms with van der Waals surface area (Å²) in [7, 11) is 1.84. The Hall–Kier alpha value is -3.09. The molecule has 2 heterocycles. The van der Waals surface area contributed by atoms with E-state index in [2.05, 4.69) is 30.7 Å². The van der Waals surface area contributed by atoms with E-state index < -0.39 is 12.0 Å². The summed E-state index contributed by atoms with van der Waals surface area (Å²) in [6.07, 6.45) is -4.64. The van der Waals surface area contributed by atoms with E-state index >= 15 is 0 Å². The van der Waals surface area contributed by atoms with Crippen LogP contribution in [0.4, 0.5) is 30.4 Å². The lowest BCUT2D eigenvalue weighted by Gasteiger charge is -2.24. The molecule has 1 aliphatic rings. The molecule has 1 aromatic heterocycles. The molecule has 2 aromatic carbocycles. The quantitative estimate of drug-likeness (QED) is 0.516. The zero-order valence-electron chi connectivity index (χ0n) is 17.3. The van der Waals surface area contributed by atoms with Gasteiger partial charge in [0.2, 0.25) is 5.82 Å². The summed E-state index contributed by atoms with van der Waals surface area (Å²) >= 11 is 0. The first kappa shape index (κ1) is 20.2. The average molecular weight is 412 g/mol. The first-order valence-corrected chi connectivity index (χ1v) is 9.69. The summed E-state index contributed by atoms with van der Waals surface area (Å²) in [4.78, 5) is 11.6. The number of halogens is 3. The van der Waals surface area contributed by atoms with Crippen LogP contribution in [0, 0.1) is 0 Å². The molecular formula is C23H23F3N4. The van der Waals surface area contributed by atoms with Gasteiger partial charge in [0.15, 0.2) is 5.82 Å². The van der Waals surface area contributed by atoms with Crippen molar-refractivity contribution in [1.29, 1.82) is 0 Å². The average Bonchev–Trinajstić information content (AvgIpc) is 3.04. The van der Waals surface area contributed by atoms with Crippen molar-refractivity contribution in [2.45, 2.75) is 32.4 Å². The van der Waals surface area contributed by atoms with Crippen LogP contribution in [0.5, 0.6) is 0 Å². The van der Waals surface area contributed by atoms with Gasteiger partial charge in [0.05, 0.1) is 12.4 Å². The molecule has 3 aromatic rings. The standard InChI is InChI=1S/C23H23F3N4/c1-22(2,3)16-11-8-12-17(13-16)30-14-29(4)19-18(15-9-6-5-7-10-15)27-21(23(24,25)26)28-20(19)30/h5-13H,14H2,1-4H3. The Kier molecular flexibility index (Phi) is 4.71. The monoisotopic (exact) mass is 412 g/mol. The van der Waals surface area contributed by atoms with Crippen molar-refractivity contribution in [1.82, 2.24) is 9.97 Å². The molecule has 4 rings (SSSR count). The summed E-state index contributed by atoms with van der Waals surface area (Å²) in [6.45, 7) is 6.70. The van der Waals surface area contributed by atoms with Gasteiger partial charge in [-0.05, 0) is 23.1 Å². The number of aromatic nitrogens is 2. The van der Waals surface area contributed by atoms with E-state index in [-0.39, 0.29) is 16.9 Å². The van der Waals surface area contributed by atoms with Gasteiger partial charge in [-0.25, -0.2) is 9.97 Å². The number of nitrogens with zero attached hydrogens (tertiary/aromatic N) is 4. The second-order valence-corrected chi connectivity index (χ2v) is 8.50. The fourth-order valence-electron chi connectivity index (χ4n) is 3.60. The first-order valence-electron chi connectivity index (χ1n) is 9.69. The normalized spacial score (nSPS) is 14.2. The predicted octanol–water partition coefficient (Wildman–Crippen LogP) is 6.01. The third-order valence-corrected chi connectivity index (χ3v) is 5.18. The van der Waals surface area contributed by atoms with E-state index in [1.54, 1.807) is 24.3 Å². The summed E-state index contributed by atoms with van der Waals surface area (Å²) < 4.78 is 40.9. The molecule has 0 saturated carbocycles. The zero-order valence-corrected chi connectivity index (χ0v) is 17.3. The Morgan fingerprint density at radius 3 is 2.23 bits per heavy atom. The van der Waals surface area contributed by atoms with Crippen LogP contribution >= 0.6 is 0 Å². The van der Waals surface area contributed by atoms with Crippen molar-refractivity contribution in [3.8, 4) is 11.3 Å². The van der Waals surface area contributed by atoms with Crippen LogP contribution in [0.3, 0.4) is 0 Å². The van der Waals surface area contributed by atoms with Crippen molar-refractivity contribution >= 4 is 17.2 Å². The van der Waals surface area contributed by atoms with E-state index in [0.717, 1.165) is 11.3 Å². The van der Waals surface area contributed by atoms with E-state index in [4.69, 9.17) is 0 Å². The Labute approximate surface area is 174 Å². The molecule has 0 bridgehead atoms. The van der Waals surface area contributed by atoms with E-state index in [0.29, 0.717) is 17.9 Å². The second-order valence-electron chi connectivity index (χ2n) is 8.50. The summed E-state index contributed by atoms with van der Waals surface area (Å²) in [5.41, 5.74) is 3.32. The van der Waals surface area contributed by atoms with Crippen LogP contribution in [-0.2, 0) is 11.6 Å². The minimum atomic E-state index is -4.64. The van der Waals surface area contributed by atoms with Gasteiger partial charge in [-0.15, -0.1) is 0 Å². The molecule has 0 radical (unpaired) electrons. The Bertz CT molecular complexity index is 1070. The van der Waals surface area contributed by atoms with Crippen molar-refractivity contribution in [2.24, 2.45) is 0 Å². The Balaban J connectivity index is 1.92. The van der Waals surface area contributed by atoms with Crippen LogP contribution < -0.4 is 9.80 Å². The highest BCUT2D eigenvalue weighted by atomic mass is 19.4. The molecule has 0 saturated heterocycles. The van der Waals surface area contributed by atoms with Crippen molar-refractivity contribution < 1.29 is 13.2 Å². The SMILES string of the molecule is CN1CN(c2cccc(C(C)(C)C)c2)c2nc(C(F)(F)F)nc(-c3ccccc3)c21. The lowest BCUT2D eigenvalue weighted by atomic mass is 9.87. The minimum absolute atomic E-state index is 0.0809. The number of rotatable bonds is 2. The lowest BCUT2D eigenvalue weighted by molar-refractivity contribution is -0.144. The van der Waals surface area contributed by atoms with Crippen LogP contribution in [0.25, 0.3) is 11.3 Å². The molecule has 0 aliphatic carbocycles. The highest BCUT2D eigenvalue weighted by Crippen LogP contribution is 2.45. The molecule has 0 atom stereocenters. The first-order chi connectivity index (χ1) is 14.1. The summed E-state index contributed by atoms with van der Waals surface area (Å²) in [5, 5.41) is 0. The fourth-order valence-corrected chi connectivity index (χ4v) is 3.60. The maximum absolute atomic E-state index is 13.6. The van der Waals surface area contributed by atoms with E-state index in [9.17, 15) is 13.2 Å². The molecular weight excluding hydrogens is 389 g/mol. The molecule has 0 N–H and O–H groups in total. The predicted molar refractivity (Wildman–Crippen MR) is 113 cm³/mol. The van der Waals surface area contributed by atoms with Crippen LogP contribution in [-0.4, -0.2) is 23.7 Å². The zero-order chi connectivity index (χ0) is 21.7. The molecule has 156 valence electrons. The third kappa shape index (κ3) is 3.60. The largest absolute Gasteiger partial charge is 0.451 e. The van der Waals surface area contributed by atoms with Gasteiger partial charge in [-0.1, -0.05) is 63.2 Å². The molecule has 0 amide bonds. The maximum atomic E-state index is 13.6. The van der Waals surface area contributed by atoms with Crippen molar-refractivity contribution in [2.75, 3.05) is 23.5 Å². The van der Waals surface area contributed by atoms with Gasteiger partial charge >= 0.3 is 6.18 Å². The van der Waals surface area contributed by atoms with Crippen LogP contribution in [0.1, 0.15) is 32.2 Å². The van der Waals surface area contributed by atoms with E-state index in [1.807, 2.05) is 47.2 Å². The summed E-state index contributed by atoms with van der Waals surface area (Å²) in [5.74, 6) is -0.864. The third-order valence-electron chi connectivity index (χ3n) is 5.18. The molecule has 7 heteroatoms. The van der Waals surface area contributed by atoms with Gasteiger partial charge in [-0.3, -0.25) is 0 Å². The van der Waals surface area contributed by atoms with Crippen LogP contribution in [0.15, 0.2) is 54.6 Å².